The Bertz CT molecular complexity index is 7580. The van der Waals surface area contributed by atoms with Gasteiger partial charge in [-0.25, -0.2) is 37.5 Å². The number of benzene rings is 6. The fourth-order valence-electron chi connectivity index (χ4n) is 18.7. The van der Waals surface area contributed by atoms with Crippen molar-refractivity contribution in [2.45, 2.75) is 94.4 Å². The molecule has 0 radical (unpaired) electrons. The molecule has 9 atom stereocenters. The van der Waals surface area contributed by atoms with E-state index in [-0.39, 0.29) is 75.7 Å². The van der Waals surface area contributed by atoms with Gasteiger partial charge in [0.25, 0.3) is 23.1 Å². The Morgan fingerprint density at radius 1 is 0.528 bits per heavy atom. The highest BCUT2D eigenvalue weighted by atomic mass is 35.5. The van der Waals surface area contributed by atoms with Crippen LogP contribution in [-0.4, -0.2) is 114 Å². The van der Waals surface area contributed by atoms with Gasteiger partial charge >= 0.3 is 6.18 Å². The van der Waals surface area contributed by atoms with Gasteiger partial charge in [0.2, 0.25) is 5.95 Å². The number of alkyl halides is 5. The molecule has 17 aromatic rings. The van der Waals surface area contributed by atoms with Crippen molar-refractivity contribution >= 4 is 73.9 Å². The van der Waals surface area contributed by atoms with Crippen LogP contribution in [0.5, 0.6) is 0 Å². The predicted molar refractivity (Wildman–Crippen MR) is 450 cm³/mol. The van der Waals surface area contributed by atoms with E-state index in [1.807, 2.05) is 73.0 Å². The minimum absolute atomic E-state index is 0.0429. The molecule has 3 aliphatic carbocycles. The van der Waals surface area contributed by atoms with Crippen LogP contribution in [0.2, 0.25) is 20.2 Å². The number of halogens is 11. The number of aryl methyl sites for hydroxylation is 3. The van der Waals surface area contributed by atoms with E-state index in [0.29, 0.717) is 99.2 Å². The van der Waals surface area contributed by atoms with Gasteiger partial charge in [-0.15, -0.1) is 15.3 Å². The monoisotopic (exact) mass is 1760 g/mol. The number of allylic oxidation sites excluding steroid dienone is 1. The van der Waals surface area contributed by atoms with Crippen molar-refractivity contribution < 1.29 is 30.7 Å². The van der Waals surface area contributed by atoms with Crippen molar-refractivity contribution in [3.8, 4) is 84.2 Å². The number of pyridine rings is 3. The molecule has 38 heteroatoms. The first kappa shape index (κ1) is 77.4. The smallest absolute Gasteiger partial charge is 0.359 e. The number of nitrogens with zero attached hydrogens (tertiary/aromatic N) is 18. The summed E-state index contributed by atoms with van der Waals surface area (Å²) in [7, 11) is 0. The second-order valence-electron chi connectivity index (χ2n) is 32.3. The van der Waals surface area contributed by atoms with Crippen molar-refractivity contribution in [3.05, 3.63) is 303 Å². The number of nitrogens with one attached hydrogen (secondary N) is 6. The molecule has 0 saturated heterocycles. The lowest BCUT2D eigenvalue weighted by Gasteiger charge is -2.20. The summed E-state index contributed by atoms with van der Waals surface area (Å²) in [6.45, 7) is 7.79. The van der Waals surface area contributed by atoms with Gasteiger partial charge in [0.15, 0.2) is 11.5 Å². The van der Waals surface area contributed by atoms with E-state index < -0.39 is 41.8 Å². The number of anilines is 1. The Labute approximate surface area is 719 Å². The van der Waals surface area contributed by atoms with Crippen LogP contribution in [0.3, 0.4) is 0 Å². The van der Waals surface area contributed by atoms with E-state index in [2.05, 4.69) is 99.4 Å². The van der Waals surface area contributed by atoms with Crippen LogP contribution in [0.4, 0.5) is 36.4 Å². The third kappa shape index (κ3) is 13.2. The quantitative estimate of drug-likeness (QED) is 0.0584. The maximum Gasteiger partial charge on any atom is 0.436 e. The van der Waals surface area contributed by atoms with Crippen LogP contribution in [0.1, 0.15) is 131 Å². The zero-order chi connectivity index (χ0) is 85.8. The van der Waals surface area contributed by atoms with E-state index in [4.69, 9.17) is 51.4 Å². The number of tetrazole rings is 1. The number of fused-ring (bicyclic) bond motifs is 12. The first-order valence-corrected chi connectivity index (χ1v) is 41.2. The van der Waals surface area contributed by atoms with E-state index in [1.54, 1.807) is 74.6 Å². The summed E-state index contributed by atoms with van der Waals surface area (Å²) in [5.41, 5.74) is 14.5. The molecule has 15 heterocycles. The summed E-state index contributed by atoms with van der Waals surface area (Å²) in [6, 6.07) is 39.5. The highest BCUT2D eigenvalue weighted by molar-refractivity contribution is 6.32. The second-order valence-corrected chi connectivity index (χ2v) is 33.9. The number of aromatic nitrogens is 23. The maximum atomic E-state index is 15.3. The van der Waals surface area contributed by atoms with Gasteiger partial charge in [-0.05, 0) is 193 Å². The molecule has 0 amide bonds. The van der Waals surface area contributed by atoms with Gasteiger partial charge in [0.1, 0.15) is 51.6 Å². The topological polar surface area (TPSA) is 326 Å². The van der Waals surface area contributed by atoms with Crippen LogP contribution < -0.4 is 22.0 Å². The van der Waals surface area contributed by atoms with Crippen LogP contribution in [0.15, 0.2) is 191 Å². The van der Waals surface area contributed by atoms with Gasteiger partial charge in [-0.3, -0.25) is 24.6 Å². The molecule has 7 aliphatic rings. The van der Waals surface area contributed by atoms with Gasteiger partial charge in [-0.1, -0.05) is 87.7 Å². The minimum Gasteiger partial charge on any atom is -0.359 e. The Morgan fingerprint density at radius 2 is 1.06 bits per heavy atom. The number of aromatic amines is 5. The zero-order valence-electron chi connectivity index (χ0n) is 65.0. The molecule has 27 nitrogen and oxygen atoms in total. The zero-order valence-corrected chi connectivity index (χ0v) is 68.1. The molecule has 3 saturated carbocycles. The predicted octanol–water partition coefficient (Wildman–Crippen LogP) is 18.1. The van der Waals surface area contributed by atoms with Gasteiger partial charge in [-0.2, -0.15) is 32.4 Å². The summed E-state index contributed by atoms with van der Waals surface area (Å²) < 4.78 is 106. The van der Waals surface area contributed by atoms with Gasteiger partial charge in [0.05, 0.1) is 65.0 Å². The molecular weight excluding hydrogens is 1700 g/mol. The number of hydrogen-bond acceptors (Lipinski definition) is 16. The van der Waals surface area contributed by atoms with Crippen molar-refractivity contribution in [1.29, 1.82) is 0 Å². The van der Waals surface area contributed by atoms with E-state index in [9.17, 15) is 36.3 Å². The standard InChI is InChI=1S/C31H23Cl2F2N7O.C29H19ClF4N8O.C27H19ClFN9O/c1-14-2-3-15-8-16(4-6-22(15)36-14)27-29(33)38-31(37-27)28-21-12-20(21)25-9-17(10-26(43)42(25)28)19-11-18(32)5-7-24(19)41-13-23(30(34)35)39-40-41;1-12-16-4-2-13(6-20(16)38-37-12)25-27(31)36-28(35-25)26-19-10-18(19)22-7-14(8-24(43)42(22)26)17-9-15(30)3-5-21(17)41-11-23(39-40-41)29(32,33)34;1-12-15-3-4-16(24(29)25(15)34-33-12)20-10-30-27(32-20)26-19-9-18(19)22-6-13(7-23(39)38(22)26)17-8-14(28)2-5-21(17)37-11-31-35-36-37/h4-11,13,20-21,28,30,36H,1-3,12H2,(H,37,38);2-9,11,18-19,26H,10H2,1H3,(H,35,36)(H,37,38);2-8,10-11,18-19,26H,9H2,1H3,(H,30,32)(H,33,34). The third-order valence-electron chi connectivity index (χ3n) is 24.8. The van der Waals surface area contributed by atoms with E-state index in [1.165, 1.54) is 47.0 Å². The molecule has 6 N–H and O–H groups in total. The molecule has 11 aromatic heterocycles. The Morgan fingerprint density at radius 3 is 1.64 bits per heavy atom. The largest absolute Gasteiger partial charge is 0.436 e. The highest BCUT2D eigenvalue weighted by Crippen LogP contribution is 2.63. The summed E-state index contributed by atoms with van der Waals surface area (Å²) in [6.07, 6.45) is 2.08. The molecule has 9 unspecified atom stereocenters. The Hall–Kier alpha value is -13.7. The van der Waals surface area contributed by atoms with E-state index >= 15 is 8.78 Å². The summed E-state index contributed by atoms with van der Waals surface area (Å²) in [4.78, 5) is 64.4. The molecule has 4 aliphatic heterocycles. The number of H-pyrrole nitrogens is 5. The molecule has 624 valence electrons. The Balaban J connectivity index is 0.000000111. The molecule has 125 heavy (non-hydrogen) atoms. The number of rotatable bonds is 13. The summed E-state index contributed by atoms with van der Waals surface area (Å²) >= 11 is 25.6. The third-order valence-corrected chi connectivity index (χ3v) is 25.7. The lowest BCUT2D eigenvalue weighted by Crippen LogP contribution is -2.26. The first-order valence-electron chi connectivity index (χ1n) is 39.6. The average Bonchev–Trinajstić information content (AvgIpc) is 1.55. The molecule has 3 fully saturated rings. The normalized spacial score (nSPS) is 19.6. The van der Waals surface area contributed by atoms with Crippen LogP contribution in [0, 0.1) is 43.4 Å². The number of hydrogen-bond donors (Lipinski definition) is 6. The fraction of sp³-hybridized carbons (Fsp3) is 0.207. The lowest BCUT2D eigenvalue weighted by atomic mass is 9.98. The molecule has 0 bridgehead atoms. The average molecular weight is 1770 g/mol. The van der Waals surface area contributed by atoms with Crippen LogP contribution in [0.25, 0.3) is 106 Å². The van der Waals surface area contributed by atoms with E-state index in [0.717, 1.165) is 116 Å². The minimum atomic E-state index is -4.66. The van der Waals surface area contributed by atoms with Crippen molar-refractivity contribution in [1.82, 2.24) is 114 Å². The summed E-state index contributed by atoms with van der Waals surface area (Å²) in [5, 5.41) is 46.7. The molecular formula is C87H61Cl4F7N24O3. The molecule has 6 aromatic carbocycles. The molecule has 0 spiro atoms. The lowest BCUT2D eigenvalue weighted by molar-refractivity contribution is -0.141. The number of imidazole rings is 3. The summed E-state index contributed by atoms with van der Waals surface area (Å²) in [5.74, 6) is 1.58. The van der Waals surface area contributed by atoms with Gasteiger partial charge in [0, 0.05) is 135 Å². The van der Waals surface area contributed by atoms with Gasteiger partial charge < -0.3 is 34.0 Å². The maximum absolute atomic E-state index is 15.3. The van der Waals surface area contributed by atoms with Crippen LogP contribution in [-0.2, 0) is 12.6 Å². The van der Waals surface area contributed by atoms with Crippen molar-refractivity contribution in [3.63, 3.8) is 0 Å². The van der Waals surface area contributed by atoms with Crippen molar-refractivity contribution in [2.75, 3.05) is 5.32 Å². The SMILES string of the molecule is C=C1CCc2cc(-c3nc(C4C5CC5c5cc(-c6cc(Cl)ccc6-n6cc(C(F)F)nn6)cc(=O)n54)[nH]c3Cl)ccc2N1.Cc1[nH]nc2c(F)c(-c3cnc(C4C5CC5c5cc(-c6cc(Cl)ccc6-n6cnnn6)cc(=O)n54)[nH]3)ccc12.Cc1[nH]nc2cc(-c3nc(C4C5CC5c5cc(-c6cc(Cl)ccc6-n6cc(C(F)(F)F)nn6)cc(=O)n54)[nH]c3F)ccc12. The highest BCUT2D eigenvalue weighted by Gasteiger charge is 2.57. The first-order chi connectivity index (χ1) is 60.3. The molecule has 24 rings (SSSR count). The fourth-order valence-corrected chi connectivity index (χ4v) is 19.4. The van der Waals surface area contributed by atoms with Crippen molar-refractivity contribution in [2.24, 2.45) is 17.8 Å². The Kier molecular flexibility index (Phi) is 17.9. The van der Waals surface area contributed by atoms with Crippen LogP contribution >= 0.6 is 46.4 Å². The second kappa shape index (κ2) is 29.0.